The van der Waals surface area contributed by atoms with Gasteiger partial charge in [-0.3, -0.25) is 0 Å². The fourth-order valence-electron chi connectivity index (χ4n) is 2.03. The first-order chi connectivity index (χ1) is 9.65. The molecule has 0 fully saturated rings. The van der Waals surface area contributed by atoms with E-state index < -0.39 is 5.82 Å². The van der Waals surface area contributed by atoms with Crippen molar-refractivity contribution in [2.75, 3.05) is 0 Å². The fourth-order valence-corrected chi connectivity index (χ4v) is 2.03. The van der Waals surface area contributed by atoms with E-state index >= 15 is 0 Å². The van der Waals surface area contributed by atoms with E-state index in [4.69, 9.17) is 0 Å². The van der Waals surface area contributed by atoms with Crippen LogP contribution >= 0.6 is 0 Å². The van der Waals surface area contributed by atoms with Gasteiger partial charge in [0, 0.05) is 23.0 Å². The molecule has 0 aliphatic carbocycles. The van der Waals surface area contributed by atoms with Crippen LogP contribution in [0, 0.1) is 5.82 Å². The lowest BCUT2D eigenvalue weighted by molar-refractivity contribution is 0.427. The Morgan fingerprint density at radius 2 is 2.20 bits per heavy atom. The Bertz CT molecular complexity index is 626. The molecule has 2 rings (SSSR count). The summed E-state index contributed by atoms with van der Waals surface area (Å²) in [5.74, 6) is -0.526. The molecule has 1 heterocycles. The molecule has 1 N–H and O–H groups in total. The highest BCUT2D eigenvalue weighted by molar-refractivity contribution is 5.59. The third-order valence-corrected chi connectivity index (χ3v) is 2.98. The van der Waals surface area contributed by atoms with Crippen LogP contribution < -0.4 is 0 Å². The van der Waals surface area contributed by atoms with Gasteiger partial charge in [0.15, 0.2) is 17.4 Å². The van der Waals surface area contributed by atoms with Gasteiger partial charge >= 0.3 is 0 Å². The maximum atomic E-state index is 13.8. The van der Waals surface area contributed by atoms with E-state index in [1.165, 1.54) is 6.07 Å². The largest absolute Gasteiger partial charge is 0.505 e. The molecule has 0 amide bonds. The van der Waals surface area contributed by atoms with Crippen LogP contribution in [0.3, 0.4) is 0 Å². The summed E-state index contributed by atoms with van der Waals surface area (Å²) in [7, 11) is 0. The van der Waals surface area contributed by atoms with Crippen molar-refractivity contribution < 1.29 is 9.50 Å². The minimum absolute atomic E-state index is 0.335. The maximum absolute atomic E-state index is 13.8. The number of aromatic hydroxyl groups is 1. The molecular weight excluding hydrogens is 255 g/mol. The van der Waals surface area contributed by atoms with Crippen molar-refractivity contribution in [3.8, 4) is 17.1 Å². The number of halogens is 1. The Morgan fingerprint density at radius 3 is 2.90 bits per heavy atom. The molecule has 0 saturated carbocycles. The summed E-state index contributed by atoms with van der Waals surface area (Å²) in [4.78, 5) is 8.60. The predicted octanol–water partition coefficient (Wildman–Crippen LogP) is 3.67. The average molecular weight is 272 g/mol. The topological polar surface area (TPSA) is 46.0 Å². The molecule has 1 aromatic carbocycles. The molecule has 1 aromatic heterocycles. The van der Waals surface area contributed by atoms with Gasteiger partial charge in [0.2, 0.25) is 0 Å². The molecule has 0 aliphatic rings. The van der Waals surface area contributed by atoms with Crippen LogP contribution in [0.5, 0.6) is 5.75 Å². The Kier molecular flexibility index (Phi) is 4.45. The van der Waals surface area contributed by atoms with Crippen molar-refractivity contribution in [2.45, 2.75) is 26.2 Å². The standard InChI is InChI=1S/C16H17FN2O/c1-3-5-11-9-12(10-14(17)15(11)20)16-18-8-7-13(19-16)6-4-2/h3,7-10,20H,1,4-6H2,2H3. The number of aromatic nitrogens is 2. The summed E-state index contributed by atoms with van der Waals surface area (Å²) in [6, 6.07) is 4.81. The maximum Gasteiger partial charge on any atom is 0.165 e. The first-order valence-corrected chi connectivity index (χ1v) is 6.60. The summed E-state index contributed by atoms with van der Waals surface area (Å²) in [6.07, 6.45) is 5.53. The van der Waals surface area contributed by atoms with Gasteiger partial charge in [-0.05, 0) is 31.0 Å². The van der Waals surface area contributed by atoms with Crippen molar-refractivity contribution in [2.24, 2.45) is 0 Å². The Hall–Kier alpha value is -2.23. The summed E-state index contributed by atoms with van der Waals surface area (Å²) in [6.45, 7) is 5.68. The second-order valence-electron chi connectivity index (χ2n) is 4.58. The first kappa shape index (κ1) is 14.2. The number of phenols is 1. The minimum atomic E-state index is -0.663. The lowest BCUT2D eigenvalue weighted by Gasteiger charge is -2.08. The third-order valence-electron chi connectivity index (χ3n) is 2.98. The highest BCUT2D eigenvalue weighted by Gasteiger charge is 2.12. The first-order valence-electron chi connectivity index (χ1n) is 6.60. The third kappa shape index (κ3) is 3.02. The minimum Gasteiger partial charge on any atom is -0.505 e. The lowest BCUT2D eigenvalue weighted by Crippen LogP contribution is -1.96. The van der Waals surface area contributed by atoms with Gasteiger partial charge in [0.05, 0.1) is 0 Å². The molecule has 0 atom stereocenters. The summed E-state index contributed by atoms with van der Waals surface area (Å²) >= 11 is 0. The van der Waals surface area contributed by atoms with Gasteiger partial charge in [0.25, 0.3) is 0 Å². The number of benzene rings is 1. The second kappa shape index (κ2) is 6.28. The smallest absolute Gasteiger partial charge is 0.165 e. The molecule has 20 heavy (non-hydrogen) atoms. The zero-order chi connectivity index (χ0) is 14.5. The molecule has 0 radical (unpaired) electrons. The van der Waals surface area contributed by atoms with E-state index in [0.717, 1.165) is 18.5 Å². The lowest BCUT2D eigenvalue weighted by atomic mass is 10.1. The van der Waals surface area contributed by atoms with Crippen molar-refractivity contribution >= 4 is 0 Å². The molecule has 0 saturated heterocycles. The van der Waals surface area contributed by atoms with Gasteiger partial charge in [-0.15, -0.1) is 6.58 Å². The normalized spacial score (nSPS) is 10.5. The molecule has 0 bridgehead atoms. The van der Waals surface area contributed by atoms with Crippen molar-refractivity contribution in [1.29, 1.82) is 0 Å². The number of hydrogen-bond donors (Lipinski definition) is 1. The van der Waals surface area contributed by atoms with Crippen molar-refractivity contribution in [3.05, 3.63) is 54.1 Å². The van der Waals surface area contributed by atoms with Crippen LogP contribution in [0.2, 0.25) is 0 Å². The molecule has 0 unspecified atom stereocenters. The average Bonchev–Trinajstić information content (AvgIpc) is 2.44. The Labute approximate surface area is 117 Å². The van der Waals surface area contributed by atoms with Gasteiger partial charge in [-0.1, -0.05) is 19.4 Å². The quantitative estimate of drug-likeness (QED) is 0.845. The van der Waals surface area contributed by atoms with Crippen LogP contribution in [0.4, 0.5) is 4.39 Å². The van der Waals surface area contributed by atoms with Crippen LogP contribution in [0.15, 0.2) is 37.1 Å². The highest BCUT2D eigenvalue weighted by atomic mass is 19.1. The molecule has 2 aromatic rings. The van der Waals surface area contributed by atoms with Crippen LogP contribution in [-0.4, -0.2) is 15.1 Å². The second-order valence-corrected chi connectivity index (χ2v) is 4.58. The number of phenolic OH excluding ortho intramolecular Hbond substituents is 1. The predicted molar refractivity (Wildman–Crippen MR) is 77.0 cm³/mol. The van der Waals surface area contributed by atoms with E-state index in [1.54, 1.807) is 18.3 Å². The monoisotopic (exact) mass is 272 g/mol. The van der Waals surface area contributed by atoms with Crippen LogP contribution in [0.25, 0.3) is 11.4 Å². The Morgan fingerprint density at radius 1 is 1.40 bits per heavy atom. The van der Waals surface area contributed by atoms with Gasteiger partial charge in [-0.25, -0.2) is 14.4 Å². The zero-order valence-electron chi connectivity index (χ0n) is 11.4. The summed E-state index contributed by atoms with van der Waals surface area (Å²) in [5.41, 5.74) is 1.98. The van der Waals surface area contributed by atoms with Gasteiger partial charge in [0.1, 0.15) is 0 Å². The SMILES string of the molecule is C=CCc1cc(-c2nccc(CCC)n2)cc(F)c1O. The van der Waals surface area contributed by atoms with Crippen molar-refractivity contribution in [3.63, 3.8) is 0 Å². The van der Waals surface area contributed by atoms with E-state index in [2.05, 4.69) is 23.5 Å². The highest BCUT2D eigenvalue weighted by Crippen LogP contribution is 2.28. The van der Waals surface area contributed by atoms with Crippen LogP contribution in [0.1, 0.15) is 24.6 Å². The summed E-state index contributed by atoms with van der Waals surface area (Å²) < 4.78 is 13.8. The van der Waals surface area contributed by atoms with E-state index in [-0.39, 0.29) is 5.75 Å². The fraction of sp³-hybridized carbons (Fsp3) is 0.250. The molecule has 0 spiro atoms. The van der Waals surface area contributed by atoms with Gasteiger partial charge < -0.3 is 5.11 Å². The number of hydrogen-bond acceptors (Lipinski definition) is 3. The molecule has 104 valence electrons. The van der Waals surface area contributed by atoms with Crippen molar-refractivity contribution in [1.82, 2.24) is 9.97 Å². The number of allylic oxidation sites excluding steroid dienone is 1. The molecule has 4 heteroatoms. The number of rotatable bonds is 5. The number of aryl methyl sites for hydroxylation is 1. The zero-order valence-corrected chi connectivity index (χ0v) is 11.4. The summed E-state index contributed by atoms with van der Waals surface area (Å²) in [5, 5.41) is 9.68. The van der Waals surface area contributed by atoms with Crippen LogP contribution in [-0.2, 0) is 12.8 Å². The Balaban J connectivity index is 2.46. The molecule has 0 aliphatic heterocycles. The van der Waals surface area contributed by atoms with E-state index in [9.17, 15) is 9.50 Å². The molecular formula is C16H17FN2O. The number of nitrogens with zero attached hydrogens (tertiary/aromatic N) is 2. The molecule has 3 nitrogen and oxygen atoms in total. The van der Waals surface area contributed by atoms with E-state index in [1.807, 2.05) is 6.07 Å². The van der Waals surface area contributed by atoms with Gasteiger partial charge in [-0.2, -0.15) is 0 Å². The van der Waals surface area contributed by atoms with E-state index in [0.29, 0.717) is 23.4 Å².